The van der Waals surface area contributed by atoms with Gasteiger partial charge in [-0.25, -0.2) is 0 Å². The molecular weight excluding hydrogens is 426 g/mol. The third kappa shape index (κ3) is 4.67. The number of likely N-dealkylation sites (tertiary alicyclic amines) is 1. The van der Waals surface area contributed by atoms with Crippen LogP contribution in [0.5, 0.6) is 5.75 Å². The van der Waals surface area contributed by atoms with E-state index in [9.17, 15) is 4.79 Å². The number of hydrogen-bond donors (Lipinski definition) is 0. The van der Waals surface area contributed by atoms with E-state index < -0.39 is 5.60 Å². The van der Waals surface area contributed by atoms with Crippen LogP contribution in [0.1, 0.15) is 17.3 Å². The average molecular weight is 458 g/mol. The van der Waals surface area contributed by atoms with Crippen LogP contribution in [0.2, 0.25) is 0 Å². The Morgan fingerprint density at radius 3 is 2.52 bits per heavy atom. The van der Waals surface area contributed by atoms with Crippen LogP contribution in [0.4, 0.5) is 5.69 Å². The maximum atomic E-state index is 13.4. The second kappa shape index (κ2) is 10.5. The molecule has 33 heavy (non-hydrogen) atoms. The number of hydrogen-bond acceptors (Lipinski definition) is 8. The minimum absolute atomic E-state index is 0.0150. The molecule has 0 aliphatic carbocycles. The minimum atomic E-state index is -1.16. The van der Waals surface area contributed by atoms with Gasteiger partial charge in [-0.3, -0.25) is 9.78 Å². The van der Waals surface area contributed by atoms with Crippen molar-refractivity contribution < 1.29 is 28.5 Å². The molecule has 2 atom stereocenters. The Hall–Kier alpha value is -2.72. The lowest BCUT2D eigenvalue weighted by Crippen LogP contribution is -2.71. The summed E-state index contributed by atoms with van der Waals surface area (Å²) in [7, 11) is 4.72. The zero-order valence-corrected chi connectivity index (χ0v) is 19.4. The standard InChI is InChI=1S/C24H31N3O6/c1-29-16-27-22(18-4-6-20(7-5-18)26-10-12-32-13-11-26)24(23(27)28,33-17-30-2)15-19-14-21(31-3)8-9-25-19/h4-9,14,22H,10-13,15-17H2,1-3H3/t22-,24+/m0/s1. The number of anilines is 1. The number of carbonyl (C=O) groups is 1. The molecule has 9 nitrogen and oxygen atoms in total. The Bertz CT molecular complexity index is 934. The molecule has 2 aliphatic heterocycles. The second-order valence-corrected chi connectivity index (χ2v) is 8.09. The summed E-state index contributed by atoms with van der Waals surface area (Å²) in [6.07, 6.45) is 1.95. The summed E-state index contributed by atoms with van der Waals surface area (Å²) in [5.74, 6) is 0.516. The van der Waals surface area contributed by atoms with Gasteiger partial charge < -0.3 is 33.5 Å². The van der Waals surface area contributed by atoms with Crippen molar-refractivity contribution in [3.63, 3.8) is 0 Å². The third-order valence-electron chi connectivity index (χ3n) is 6.13. The molecular formula is C24H31N3O6. The highest BCUT2D eigenvalue weighted by molar-refractivity contribution is 5.94. The van der Waals surface area contributed by atoms with Gasteiger partial charge in [0.2, 0.25) is 0 Å². The van der Waals surface area contributed by atoms with Crippen LogP contribution in [0, 0.1) is 0 Å². The number of aromatic nitrogens is 1. The van der Waals surface area contributed by atoms with E-state index in [1.807, 2.05) is 6.07 Å². The molecule has 0 radical (unpaired) electrons. The lowest BCUT2D eigenvalue weighted by Gasteiger charge is -2.55. The Morgan fingerprint density at radius 2 is 1.85 bits per heavy atom. The molecule has 2 fully saturated rings. The lowest BCUT2D eigenvalue weighted by atomic mass is 9.75. The number of pyridine rings is 1. The molecule has 2 aliphatic rings. The lowest BCUT2D eigenvalue weighted by molar-refractivity contribution is -0.235. The molecule has 2 aromatic rings. The van der Waals surface area contributed by atoms with Gasteiger partial charge in [-0.2, -0.15) is 0 Å². The summed E-state index contributed by atoms with van der Waals surface area (Å²) in [6.45, 7) is 3.32. The Balaban J connectivity index is 1.66. The normalized spacial score (nSPS) is 22.9. The highest BCUT2D eigenvalue weighted by atomic mass is 16.7. The first-order chi connectivity index (χ1) is 16.1. The largest absolute Gasteiger partial charge is 0.497 e. The Labute approximate surface area is 194 Å². The minimum Gasteiger partial charge on any atom is -0.497 e. The van der Waals surface area contributed by atoms with Crippen molar-refractivity contribution in [1.29, 1.82) is 0 Å². The van der Waals surface area contributed by atoms with Gasteiger partial charge >= 0.3 is 0 Å². The number of β-lactam (4-membered cyclic amide) rings is 1. The predicted molar refractivity (Wildman–Crippen MR) is 121 cm³/mol. The van der Waals surface area contributed by atoms with E-state index in [1.54, 1.807) is 38.5 Å². The molecule has 0 bridgehead atoms. The molecule has 2 saturated heterocycles. The zero-order valence-electron chi connectivity index (χ0n) is 19.4. The van der Waals surface area contributed by atoms with Crippen molar-refractivity contribution in [2.45, 2.75) is 18.1 Å². The van der Waals surface area contributed by atoms with Gasteiger partial charge in [0, 0.05) is 57.4 Å². The fourth-order valence-electron chi connectivity index (χ4n) is 4.55. The summed E-state index contributed by atoms with van der Waals surface area (Å²) in [5, 5.41) is 0. The van der Waals surface area contributed by atoms with Crippen molar-refractivity contribution in [2.24, 2.45) is 0 Å². The van der Waals surface area contributed by atoms with Gasteiger partial charge in [-0.1, -0.05) is 12.1 Å². The molecule has 178 valence electrons. The van der Waals surface area contributed by atoms with Crippen LogP contribution in [-0.4, -0.2) is 82.5 Å². The van der Waals surface area contributed by atoms with Crippen molar-refractivity contribution in [2.75, 3.05) is 66.1 Å². The maximum absolute atomic E-state index is 13.4. The van der Waals surface area contributed by atoms with E-state index in [2.05, 4.69) is 34.1 Å². The summed E-state index contributed by atoms with van der Waals surface area (Å²) >= 11 is 0. The molecule has 0 spiro atoms. The van der Waals surface area contributed by atoms with Crippen LogP contribution in [0.3, 0.4) is 0 Å². The van der Waals surface area contributed by atoms with Gasteiger partial charge in [0.15, 0.2) is 5.60 Å². The smallest absolute Gasteiger partial charge is 0.260 e. The molecule has 4 rings (SSSR count). The SMILES string of the molecule is COCO[C@@]1(Cc2cc(OC)ccn2)C(=O)N(COC)[C@H]1c1ccc(N2CCOCC2)cc1. The molecule has 0 N–H and O–H groups in total. The molecule has 3 heterocycles. The van der Waals surface area contributed by atoms with Crippen molar-refractivity contribution in [3.8, 4) is 5.75 Å². The number of benzene rings is 1. The quantitative estimate of drug-likeness (QED) is 0.396. The topological polar surface area (TPSA) is 82.6 Å². The van der Waals surface area contributed by atoms with Crippen LogP contribution in [0.15, 0.2) is 42.6 Å². The first-order valence-electron chi connectivity index (χ1n) is 11.0. The first kappa shape index (κ1) is 23.4. The molecule has 1 aromatic carbocycles. The predicted octanol–water partition coefficient (Wildman–Crippen LogP) is 2.02. The van der Waals surface area contributed by atoms with Crippen molar-refractivity contribution >= 4 is 11.6 Å². The summed E-state index contributed by atoms with van der Waals surface area (Å²) in [5.41, 5.74) is 1.63. The summed E-state index contributed by atoms with van der Waals surface area (Å²) in [4.78, 5) is 21.8. The maximum Gasteiger partial charge on any atom is 0.260 e. The number of amides is 1. The third-order valence-corrected chi connectivity index (χ3v) is 6.13. The van der Waals surface area contributed by atoms with Crippen LogP contribution in [-0.2, 0) is 30.2 Å². The highest BCUT2D eigenvalue weighted by Gasteiger charge is 2.62. The van der Waals surface area contributed by atoms with Gasteiger partial charge in [-0.15, -0.1) is 0 Å². The van der Waals surface area contributed by atoms with E-state index in [-0.39, 0.29) is 31.9 Å². The monoisotopic (exact) mass is 457 g/mol. The van der Waals surface area contributed by atoms with Gasteiger partial charge in [0.1, 0.15) is 19.3 Å². The van der Waals surface area contributed by atoms with Crippen LogP contribution in [0.25, 0.3) is 0 Å². The number of ether oxygens (including phenoxy) is 5. The van der Waals surface area contributed by atoms with E-state index in [4.69, 9.17) is 23.7 Å². The highest BCUT2D eigenvalue weighted by Crippen LogP contribution is 2.48. The Morgan fingerprint density at radius 1 is 1.09 bits per heavy atom. The van der Waals surface area contributed by atoms with Crippen molar-refractivity contribution in [1.82, 2.24) is 9.88 Å². The van der Waals surface area contributed by atoms with Crippen LogP contribution < -0.4 is 9.64 Å². The fraction of sp³-hybridized carbons (Fsp3) is 0.500. The summed E-state index contributed by atoms with van der Waals surface area (Å²) < 4.78 is 27.4. The van der Waals surface area contributed by atoms with Gasteiger partial charge in [0.25, 0.3) is 5.91 Å². The van der Waals surface area contributed by atoms with E-state index in [0.29, 0.717) is 11.4 Å². The average Bonchev–Trinajstić information content (AvgIpc) is 2.87. The first-order valence-corrected chi connectivity index (χ1v) is 11.0. The van der Waals surface area contributed by atoms with E-state index in [0.717, 1.165) is 37.6 Å². The number of morpholine rings is 1. The fourth-order valence-corrected chi connectivity index (χ4v) is 4.55. The summed E-state index contributed by atoms with van der Waals surface area (Å²) in [6, 6.07) is 11.5. The van der Waals surface area contributed by atoms with Gasteiger partial charge in [0.05, 0.1) is 26.4 Å². The molecule has 0 unspecified atom stereocenters. The zero-order chi connectivity index (χ0) is 23.3. The van der Waals surface area contributed by atoms with E-state index in [1.165, 1.54) is 0 Å². The van der Waals surface area contributed by atoms with E-state index >= 15 is 0 Å². The van der Waals surface area contributed by atoms with Crippen molar-refractivity contribution in [3.05, 3.63) is 53.9 Å². The van der Waals surface area contributed by atoms with Gasteiger partial charge in [-0.05, 0) is 23.8 Å². The number of methoxy groups -OCH3 is 3. The molecule has 1 aromatic heterocycles. The molecule has 1 amide bonds. The molecule has 0 saturated carbocycles. The molecule has 9 heteroatoms. The number of carbonyl (C=O) groups excluding carboxylic acids is 1. The Kier molecular flexibility index (Phi) is 7.44. The number of rotatable bonds is 10. The number of nitrogens with zero attached hydrogens (tertiary/aromatic N) is 3. The second-order valence-electron chi connectivity index (χ2n) is 8.09. The van der Waals surface area contributed by atoms with Crippen LogP contribution >= 0.6 is 0 Å².